The molecule has 0 aliphatic rings. The lowest BCUT2D eigenvalue weighted by molar-refractivity contribution is -0.474. The molecule has 0 aliphatic carbocycles. The van der Waals surface area contributed by atoms with Gasteiger partial charge in [0, 0.05) is 36.2 Å². The molecule has 0 spiro atoms. The first-order valence-corrected chi connectivity index (χ1v) is 27.6. The van der Waals surface area contributed by atoms with E-state index in [1.807, 2.05) is 44.2 Å². The van der Waals surface area contributed by atoms with Crippen molar-refractivity contribution in [2.24, 2.45) is 10.3 Å². The van der Waals surface area contributed by atoms with Gasteiger partial charge in [-0.2, -0.15) is 105 Å². The SMILES string of the molecule is CCCCOc1cc(/C=C/c2ccc([N+](=O)[O-])cc2)c(OCCCC)cc1/C=C/c1ccc(/C=C/c2ccc(N=NN(CCC)Cc3ccc(CCC(F)(F)C(F)(F)C(F)(F)C(F)(F)C(F)(F)C(F)(F)C(F)(F)C(F)(F)C(F)(F)C(F)(F)F)cc3)c(C(F)(F)F)c2)cc1. The van der Waals surface area contributed by atoms with Gasteiger partial charge in [-0.1, -0.05) is 130 Å². The van der Waals surface area contributed by atoms with Gasteiger partial charge in [-0.15, -0.1) is 5.11 Å². The molecule has 5 aromatic carbocycles. The molecule has 0 saturated carbocycles. The number of halogens is 24. The fraction of sp³-hybridized carbons (Fsp3) is 0.410. The number of aryl methyl sites for hydroxylation is 1. The zero-order valence-corrected chi connectivity index (χ0v) is 48.6. The van der Waals surface area contributed by atoms with Gasteiger partial charge >= 0.3 is 65.7 Å². The average molecular weight is 1360 g/mol. The van der Waals surface area contributed by atoms with Crippen LogP contribution >= 0.6 is 0 Å². The molecule has 510 valence electrons. The van der Waals surface area contributed by atoms with Crippen LogP contribution in [0.4, 0.5) is 117 Å². The fourth-order valence-corrected chi connectivity index (χ4v) is 8.31. The Kier molecular flexibility index (Phi) is 23.7. The van der Waals surface area contributed by atoms with E-state index in [9.17, 15) is 115 Å². The minimum absolute atomic E-state index is 0.0447. The molecule has 0 aromatic heterocycles. The van der Waals surface area contributed by atoms with Crippen LogP contribution in [0.2, 0.25) is 0 Å². The van der Waals surface area contributed by atoms with Crippen molar-refractivity contribution in [2.45, 2.75) is 138 Å². The summed E-state index contributed by atoms with van der Waals surface area (Å²) in [6, 6.07) is 23.2. The number of nitro benzene ring substituents is 1. The molecule has 0 N–H and O–H groups in total. The Labute approximate surface area is 514 Å². The van der Waals surface area contributed by atoms with Crippen LogP contribution in [0.1, 0.15) is 109 Å². The van der Waals surface area contributed by atoms with Crippen molar-refractivity contribution in [1.29, 1.82) is 0 Å². The third-order valence-electron chi connectivity index (χ3n) is 13.9. The minimum atomic E-state index is -9.27. The predicted molar refractivity (Wildman–Crippen MR) is 296 cm³/mol. The van der Waals surface area contributed by atoms with Gasteiger partial charge in [0.05, 0.1) is 35.9 Å². The van der Waals surface area contributed by atoms with Crippen molar-refractivity contribution in [3.63, 3.8) is 0 Å². The highest BCUT2D eigenvalue weighted by Gasteiger charge is 2.97. The lowest BCUT2D eigenvalue weighted by Crippen LogP contribution is -2.76. The second-order valence-corrected chi connectivity index (χ2v) is 20.8. The molecule has 0 fully saturated rings. The molecule has 32 heteroatoms. The van der Waals surface area contributed by atoms with Gasteiger partial charge in [-0.05, 0) is 95.5 Å². The van der Waals surface area contributed by atoms with Gasteiger partial charge < -0.3 is 9.47 Å². The summed E-state index contributed by atoms with van der Waals surface area (Å²) in [5, 5.41) is 19.8. The summed E-state index contributed by atoms with van der Waals surface area (Å²) in [5.41, 5.74) is 0.987. The minimum Gasteiger partial charge on any atom is -0.493 e. The van der Waals surface area contributed by atoms with Crippen molar-refractivity contribution in [3.8, 4) is 11.5 Å². The number of nitrogens with zero attached hydrogens (tertiary/aromatic N) is 4. The van der Waals surface area contributed by atoms with Gasteiger partial charge in [0.25, 0.3) is 5.69 Å². The molecule has 0 unspecified atom stereocenters. The Morgan fingerprint density at radius 3 is 1.26 bits per heavy atom. The number of hydrogen-bond acceptors (Lipinski definition) is 6. The first-order valence-electron chi connectivity index (χ1n) is 27.6. The monoisotopic (exact) mass is 1360 g/mol. The van der Waals surface area contributed by atoms with Crippen molar-refractivity contribution < 1.29 is 120 Å². The third-order valence-corrected chi connectivity index (χ3v) is 13.9. The topological polar surface area (TPSA) is 89.6 Å². The van der Waals surface area contributed by atoms with Gasteiger partial charge in [0.15, 0.2) is 0 Å². The number of hydrogen-bond donors (Lipinski definition) is 0. The van der Waals surface area contributed by atoms with Crippen LogP contribution in [-0.2, 0) is 19.1 Å². The molecule has 93 heavy (non-hydrogen) atoms. The number of ether oxygens (including phenoxy) is 2. The third kappa shape index (κ3) is 16.5. The van der Waals surface area contributed by atoms with Crippen LogP contribution in [0.3, 0.4) is 0 Å². The fourth-order valence-electron chi connectivity index (χ4n) is 8.31. The number of unbranched alkanes of at least 4 members (excludes halogenated alkanes) is 2. The van der Waals surface area contributed by atoms with Crippen molar-refractivity contribution >= 4 is 47.8 Å². The van der Waals surface area contributed by atoms with Crippen molar-refractivity contribution in [2.75, 3.05) is 19.8 Å². The molecule has 0 saturated heterocycles. The largest absolute Gasteiger partial charge is 0.493 e. The molecule has 5 rings (SSSR count). The highest BCUT2D eigenvalue weighted by molar-refractivity contribution is 5.80. The van der Waals surface area contributed by atoms with E-state index in [0.717, 1.165) is 72.7 Å². The van der Waals surface area contributed by atoms with E-state index < -0.39 is 100 Å². The zero-order valence-electron chi connectivity index (χ0n) is 48.6. The second kappa shape index (κ2) is 29.1. The number of alkyl halides is 24. The Balaban J connectivity index is 1.28. The maximum Gasteiger partial charge on any atom is 0.460 e. The maximum absolute atomic E-state index is 14.7. The molecule has 5 aromatic rings. The number of benzene rings is 5. The van der Waals surface area contributed by atoms with Crippen LogP contribution in [0.15, 0.2) is 113 Å². The molecular formula is C61H54F24N4O4. The highest BCUT2D eigenvalue weighted by Crippen LogP contribution is 2.66. The molecule has 0 bridgehead atoms. The molecule has 8 nitrogen and oxygen atoms in total. The zero-order chi connectivity index (χ0) is 70.0. The molecular weight excluding hydrogens is 1310 g/mol. The first kappa shape index (κ1) is 75.8. The highest BCUT2D eigenvalue weighted by atomic mass is 19.4. The van der Waals surface area contributed by atoms with E-state index >= 15 is 0 Å². The summed E-state index contributed by atoms with van der Waals surface area (Å²) in [6.45, 7) is 6.04. The molecule has 0 amide bonds. The Bertz CT molecular complexity index is 3440. The summed E-state index contributed by atoms with van der Waals surface area (Å²) in [5.74, 6) is -76.7. The van der Waals surface area contributed by atoms with Crippen LogP contribution in [0.25, 0.3) is 36.5 Å². The molecule has 0 radical (unpaired) electrons. The lowest BCUT2D eigenvalue weighted by Gasteiger charge is -2.44. The predicted octanol–water partition coefficient (Wildman–Crippen LogP) is 21.6. The summed E-state index contributed by atoms with van der Waals surface area (Å²) in [4.78, 5) is 10.6. The Hall–Kier alpha value is -7.96. The van der Waals surface area contributed by atoms with E-state index in [-0.39, 0.29) is 36.3 Å². The number of nitro groups is 1. The second-order valence-electron chi connectivity index (χ2n) is 20.8. The Morgan fingerprint density at radius 1 is 0.462 bits per heavy atom. The Morgan fingerprint density at radius 2 is 0.849 bits per heavy atom. The van der Waals surface area contributed by atoms with Gasteiger partial charge in [0.1, 0.15) is 11.5 Å². The normalized spacial score (nSPS) is 13.9. The summed E-state index contributed by atoms with van der Waals surface area (Å²) in [7, 11) is 0. The number of rotatable bonds is 32. The van der Waals surface area contributed by atoms with Crippen LogP contribution < -0.4 is 9.47 Å². The van der Waals surface area contributed by atoms with Gasteiger partial charge in [0.2, 0.25) is 0 Å². The van der Waals surface area contributed by atoms with Crippen LogP contribution in [0, 0.1) is 10.1 Å². The van der Waals surface area contributed by atoms with Crippen molar-refractivity contribution in [1.82, 2.24) is 5.01 Å². The lowest BCUT2D eigenvalue weighted by atomic mass is 9.85. The molecule has 0 atom stereocenters. The maximum atomic E-state index is 14.7. The van der Waals surface area contributed by atoms with E-state index in [1.165, 1.54) is 30.4 Å². The molecule has 0 heterocycles. The van der Waals surface area contributed by atoms with E-state index in [2.05, 4.69) is 10.3 Å². The molecule has 0 aliphatic heterocycles. The average Bonchev–Trinajstić information content (AvgIpc) is 0.687. The van der Waals surface area contributed by atoms with E-state index in [1.54, 1.807) is 49.4 Å². The van der Waals surface area contributed by atoms with Crippen LogP contribution in [0.5, 0.6) is 11.5 Å². The first-order chi connectivity index (χ1) is 42.9. The van der Waals surface area contributed by atoms with Gasteiger partial charge in [-0.3, -0.25) is 15.1 Å². The number of non-ortho nitro benzene ring substituents is 1. The quantitative estimate of drug-likeness (QED) is 0.0107. The summed E-state index contributed by atoms with van der Waals surface area (Å²) >= 11 is 0. The standard InChI is InChI=1S/C61H54F24N4O4/c1-4-7-32-92-49-36-45(25-20-40-21-26-46(27-22-40)89(90)91)50(93-33-8-5-2)35-44(49)24-19-39-11-9-38(10-12-39)13-16-42-23-28-48(47(34-42)52(64,65)66)86-87-88(31-6-3)37-43-17-14-41(15-18-43)29-30-51(62,63)53(67,68)54(69,70)55(71,72)56(73,74)57(75,76)58(77,78)59(79,80)60(81,82)61(83,84)85/h9-28,34-36H,4-8,29-33,37H2,1-3H3/b16-13+,24-19+,25-20+,87-86?. The van der Waals surface area contributed by atoms with Crippen LogP contribution in [-0.4, -0.2) is 89.2 Å². The van der Waals surface area contributed by atoms with Crippen molar-refractivity contribution in [3.05, 3.63) is 163 Å². The van der Waals surface area contributed by atoms with Gasteiger partial charge in [-0.25, -0.2) is 0 Å². The van der Waals surface area contributed by atoms with E-state index in [4.69, 9.17) is 9.47 Å². The van der Waals surface area contributed by atoms with E-state index in [0.29, 0.717) is 47.0 Å². The smallest absolute Gasteiger partial charge is 0.460 e. The summed E-state index contributed by atoms with van der Waals surface area (Å²) < 4.78 is 347. The summed E-state index contributed by atoms with van der Waals surface area (Å²) in [6.07, 6.45) is -3.82.